The highest BCUT2D eigenvalue weighted by molar-refractivity contribution is 7.92. The van der Waals surface area contributed by atoms with Gasteiger partial charge in [0.2, 0.25) is 11.8 Å². The molecule has 1 saturated carbocycles. The normalized spacial score (nSPS) is 14.4. The fourth-order valence-corrected chi connectivity index (χ4v) is 7.27. The average molecular weight is 665 g/mol. The molecule has 0 bridgehead atoms. The zero-order chi connectivity index (χ0) is 31.3. The Hall–Kier alpha value is -2.78. The van der Waals surface area contributed by atoms with E-state index in [9.17, 15) is 18.0 Å². The van der Waals surface area contributed by atoms with Crippen molar-refractivity contribution in [1.29, 1.82) is 0 Å². The first kappa shape index (κ1) is 33.1. The van der Waals surface area contributed by atoms with E-state index < -0.39 is 28.5 Å². The summed E-state index contributed by atoms with van der Waals surface area (Å²) in [6.45, 7) is 4.91. The van der Waals surface area contributed by atoms with Crippen LogP contribution in [0.3, 0.4) is 0 Å². The largest absolute Gasteiger partial charge is 0.352 e. The number of halogens is 3. The van der Waals surface area contributed by atoms with E-state index in [0.717, 1.165) is 41.1 Å². The lowest BCUT2D eigenvalue weighted by Crippen LogP contribution is -2.53. The number of rotatable bonds is 11. The molecule has 1 N–H and O–H groups in total. The van der Waals surface area contributed by atoms with Gasteiger partial charge >= 0.3 is 0 Å². The standard InChI is InChI=1S/C32H36Cl3N3O4S/c1-4-30(32(40)36-25-7-5-6-8-25)37(19-23-12-13-24(33)17-29(23)35)31(39)20-38(26-14-11-22(3)28(34)18-26)43(41,42)27-15-9-21(2)10-16-27/h9-18,25,30H,4-8,19-20H2,1-3H3,(H,36,40)/t30-/m1/s1. The van der Waals surface area contributed by atoms with Crippen LogP contribution in [0.25, 0.3) is 0 Å². The number of hydrogen-bond donors (Lipinski definition) is 1. The molecule has 2 amide bonds. The molecule has 0 heterocycles. The van der Waals surface area contributed by atoms with Gasteiger partial charge in [-0.1, -0.05) is 84.4 Å². The number of nitrogens with one attached hydrogen (secondary N) is 1. The van der Waals surface area contributed by atoms with Gasteiger partial charge in [0.1, 0.15) is 12.6 Å². The summed E-state index contributed by atoms with van der Waals surface area (Å²) in [6, 6.07) is 15.4. The minimum Gasteiger partial charge on any atom is -0.352 e. The average Bonchev–Trinajstić information content (AvgIpc) is 3.47. The molecule has 1 atom stereocenters. The fourth-order valence-electron chi connectivity index (χ4n) is 5.22. The highest BCUT2D eigenvalue weighted by Crippen LogP contribution is 2.30. The van der Waals surface area contributed by atoms with Gasteiger partial charge in [-0.25, -0.2) is 8.42 Å². The van der Waals surface area contributed by atoms with E-state index in [1.807, 2.05) is 20.8 Å². The van der Waals surface area contributed by atoms with Crippen molar-refractivity contribution in [3.8, 4) is 0 Å². The number of benzene rings is 3. The van der Waals surface area contributed by atoms with E-state index in [1.54, 1.807) is 42.5 Å². The molecule has 0 radical (unpaired) electrons. The van der Waals surface area contributed by atoms with Crippen LogP contribution in [0, 0.1) is 13.8 Å². The molecular formula is C32H36Cl3N3O4S. The van der Waals surface area contributed by atoms with Crippen molar-refractivity contribution in [3.63, 3.8) is 0 Å². The Balaban J connectivity index is 1.75. The fraction of sp³-hybridized carbons (Fsp3) is 0.375. The van der Waals surface area contributed by atoms with E-state index in [4.69, 9.17) is 34.8 Å². The minimum absolute atomic E-state index is 0.0154. The van der Waals surface area contributed by atoms with E-state index in [2.05, 4.69) is 5.32 Å². The van der Waals surface area contributed by atoms with Crippen molar-refractivity contribution in [2.75, 3.05) is 10.8 Å². The highest BCUT2D eigenvalue weighted by atomic mass is 35.5. The van der Waals surface area contributed by atoms with Gasteiger partial charge in [-0.05, 0) is 80.6 Å². The number of sulfonamides is 1. The molecule has 43 heavy (non-hydrogen) atoms. The van der Waals surface area contributed by atoms with Crippen LogP contribution in [-0.2, 0) is 26.2 Å². The maximum absolute atomic E-state index is 14.3. The lowest BCUT2D eigenvalue weighted by atomic mass is 10.1. The van der Waals surface area contributed by atoms with Gasteiger partial charge in [0.15, 0.2) is 0 Å². The zero-order valence-electron chi connectivity index (χ0n) is 24.4. The maximum Gasteiger partial charge on any atom is 0.264 e. The lowest BCUT2D eigenvalue weighted by Gasteiger charge is -2.34. The van der Waals surface area contributed by atoms with Crippen molar-refractivity contribution >= 4 is 62.3 Å². The van der Waals surface area contributed by atoms with Crippen LogP contribution in [0.2, 0.25) is 15.1 Å². The van der Waals surface area contributed by atoms with Gasteiger partial charge in [0.25, 0.3) is 10.0 Å². The second kappa shape index (κ2) is 14.3. The van der Waals surface area contributed by atoms with Crippen molar-refractivity contribution in [3.05, 3.63) is 92.4 Å². The molecule has 0 spiro atoms. The summed E-state index contributed by atoms with van der Waals surface area (Å²) in [4.78, 5) is 29.3. The Labute approximate surface area is 269 Å². The molecule has 7 nitrogen and oxygen atoms in total. The lowest BCUT2D eigenvalue weighted by molar-refractivity contribution is -0.140. The smallest absolute Gasteiger partial charge is 0.264 e. The number of aryl methyl sites for hydroxylation is 2. The molecule has 11 heteroatoms. The molecule has 4 rings (SSSR count). The molecule has 230 valence electrons. The number of carbonyl (C=O) groups is 2. The van der Waals surface area contributed by atoms with E-state index >= 15 is 0 Å². The maximum atomic E-state index is 14.3. The third kappa shape index (κ3) is 8.04. The number of nitrogens with zero attached hydrogens (tertiary/aromatic N) is 2. The van der Waals surface area contributed by atoms with Crippen LogP contribution >= 0.6 is 34.8 Å². The molecule has 1 aliphatic rings. The third-order valence-electron chi connectivity index (χ3n) is 7.77. The second-order valence-corrected chi connectivity index (χ2v) is 14.0. The molecule has 3 aromatic carbocycles. The monoisotopic (exact) mass is 663 g/mol. The molecule has 0 unspecified atom stereocenters. The molecule has 0 saturated heterocycles. The Morgan fingerprint density at radius 2 is 1.60 bits per heavy atom. The summed E-state index contributed by atoms with van der Waals surface area (Å²) in [7, 11) is -4.20. The molecule has 0 aromatic heterocycles. The van der Waals surface area contributed by atoms with Crippen molar-refractivity contribution < 1.29 is 18.0 Å². The first-order chi connectivity index (χ1) is 20.4. The van der Waals surface area contributed by atoms with Gasteiger partial charge in [-0.15, -0.1) is 0 Å². The summed E-state index contributed by atoms with van der Waals surface area (Å²) < 4.78 is 29.1. The minimum atomic E-state index is -4.20. The summed E-state index contributed by atoms with van der Waals surface area (Å²) in [5.74, 6) is -0.842. The molecule has 0 aliphatic heterocycles. The topological polar surface area (TPSA) is 86.8 Å². The predicted molar refractivity (Wildman–Crippen MR) is 173 cm³/mol. The first-order valence-corrected chi connectivity index (χ1v) is 16.9. The van der Waals surface area contributed by atoms with Gasteiger partial charge in [0.05, 0.1) is 10.6 Å². The Bertz CT molecular complexity index is 1580. The van der Waals surface area contributed by atoms with Crippen molar-refractivity contribution in [2.24, 2.45) is 0 Å². The van der Waals surface area contributed by atoms with Gasteiger partial charge < -0.3 is 10.2 Å². The Kier molecular flexibility index (Phi) is 11.0. The number of carbonyl (C=O) groups excluding carboxylic acids is 2. The second-order valence-electron chi connectivity index (χ2n) is 10.9. The number of amides is 2. The molecule has 1 aliphatic carbocycles. The molecular weight excluding hydrogens is 629 g/mol. The summed E-state index contributed by atoms with van der Waals surface area (Å²) in [5.41, 5.74) is 2.47. The van der Waals surface area contributed by atoms with Crippen LogP contribution in [0.1, 0.15) is 55.7 Å². The molecule has 3 aromatic rings. The van der Waals surface area contributed by atoms with Gasteiger partial charge in [0, 0.05) is 27.7 Å². The van der Waals surface area contributed by atoms with E-state index in [1.165, 1.54) is 23.1 Å². The van der Waals surface area contributed by atoms with Crippen LogP contribution in [0.15, 0.2) is 65.6 Å². The van der Waals surface area contributed by atoms with Crippen molar-refractivity contribution in [2.45, 2.75) is 76.4 Å². The summed E-state index contributed by atoms with van der Waals surface area (Å²) in [5, 5.41) is 4.23. The van der Waals surface area contributed by atoms with Crippen LogP contribution < -0.4 is 9.62 Å². The van der Waals surface area contributed by atoms with Crippen LogP contribution in [-0.4, -0.2) is 43.8 Å². The van der Waals surface area contributed by atoms with Crippen LogP contribution in [0.4, 0.5) is 5.69 Å². The van der Waals surface area contributed by atoms with Crippen LogP contribution in [0.5, 0.6) is 0 Å². The van der Waals surface area contributed by atoms with Gasteiger partial charge in [-0.2, -0.15) is 0 Å². The highest BCUT2D eigenvalue weighted by Gasteiger charge is 2.35. The first-order valence-electron chi connectivity index (χ1n) is 14.3. The molecule has 1 fully saturated rings. The SMILES string of the molecule is CC[C@H](C(=O)NC1CCCC1)N(Cc1ccc(Cl)cc1Cl)C(=O)CN(c1ccc(C)c(Cl)c1)S(=O)(=O)c1ccc(C)cc1. The summed E-state index contributed by atoms with van der Waals surface area (Å²) in [6.07, 6.45) is 4.16. The van der Waals surface area contributed by atoms with Gasteiger partial charge in [-0.3, -0.25) is 13.9 Å². The Morgan fingerprint density at radius 1 is 0.930 bits per heavy atom. The van der Waals surface area contributed by atoms with Crippen molar-refractivity contribution in [1.82, 2.24) is 10.2 Å². The Morgan fingerprint density at radius 3 is 2.21 bits per heavy atom. The number of hydrogen-bond acceptors (Lipinski definition) is 4. The predicted octanol–water partition coefficient (Wildman–Crippen LogP) is 7.33. The number of anilines is 1. The quantitative estimate of drug-likeness (QED) is 0.233. The zero-order valence-corrected chi connectivity index (χ0v) is 27.5. The van der Waals surface area contributed by atoms with E-state index in [-0.39, 0.29) is 29.1 Å². The third-order valence-corrected chi connectivity index (χ3v) is 10.6. The van der Waals surface area contributed by atoms with E-state index in [0.29, 0.717) is 27.1 Å². The summed E-state index contributed by atoms with van der Waals surface area (Å²) >= 11 is 19.0.